The average molecular weight is 416 g/mol. The fraction of sp³-hybridized carbons (Fsp3) is 0.364. The van der Waals surface area contributed by atoms with Crippen LogP contribution in [0.3, 0.4) is 0 Å². The number of hydrogen-bond donors (Lipinski definition) is 0. The van der Waals surface area contributed by atoms with Gasteiger partial charge in [-0.05, 0) is 50.3 Å². The van der Waals surface area contributed by atoms with Crippen LogP contribution in [0, 0.1) is 5.82 Å². The van der Waals surface area contributed by atoms with Crippen molar-refractivity contribution in [2.45, 2.75) is 20.8 Å². The van der Waals surface area contributed by atoms with Gasteiger partial charge in [-0.2, -0.15) is 0 Å². The number of likely N-dealkylation sites (N-methyl/N-ethyl adjacent to an activating group) is 1. The highest BCUT2D eigenvalue weighted by molar-refractivity contribution is 7.22. The second-order valence-electron chi connectivity index (χ2n) is 6.53. The van der Waals surface area contributed by atoms with Gasteiger partial charge in [0, 0.05) is 18.7 Å². The molecule has 0 radical (unpaired) electrons. The fourth-order valence-corrected chi connectivity index (χ4v) is 4.15. The summed E-state index contributed by atoms with van der Waals surface area (Å²) in [6.45, 7) is 9.63. The Labute approximate surface area is 174 Å². The average Bonchev–Trinajstić information content (AvgIpc) is 3.16. The highest BCUT2D eigenvalue weighted by Gasteiger charge is 2.23. The molecule has 0 spiro atoms. The Bertz CT molecular complexity index is 972. The number of benzene rings is 2. The Balaban J connectivity index is 1.99. The lowest BCUT2D eigenvalue weighted by Crippen LogP contribution is -2.38. The summed E-state index contributed by atoms with van der Waals surface area (Å²) >= 11 is 1.44. The molecule has 7 heteroatoms. The van der Waals surface area contributed by atoms with Gasteiger partial charge in [-0.15, -0.1) is 0 Å². The van der Waals surface area contributed by atoms with Gasteiger partial charge < -0.3 is 9.64 Å². The predicted molar refractivity (Wildman–Crippen MR) is 117 cm³/mol. The zero-order valence-electron chi connectivity index (χ0n) is 17.0. The monoisotopic (exact) mass is 415 g/mol. The van der Waals surface area contributed by atoms with E-state index in [0.29, 0.717) is 36.1 Å². The molecule has 1 heterocycles. The molecule has 0 saturated heterocycles. The van der Waals surface area contributed by atoms with Crippen LogP contribution >= 0.6 is 11.3 Å². The summed E-state index contributed by atoms with van der Waals surface area (Å²) in [5.74, 6) is 0.0190. The molecule has 0 bridgehead atoms. The Hall–Kier alpha value is -2.51. The Kier molecular flexibility index (Phi) is 7.17. The normalized spacial score (nSPS) is 11.2. The second kappa shape index (κ2) is 9.80. The SMILES string of the molecule is CCOc1cccc2sc(N(CCN(CC)CC)C(=O)c3cccc(F)c3)nc12. The number of aromatic nitrogens is 1. The van der Waals surface area contributed by atoms with Gasteiger partial charge >= 0.3 is 0 Å². The Morgan fingerprint density at radius 2 is 1.86 bits per heavy atom. The molecule has 0 N–H and O–H groups in total. The maximum Gasteiger partial charge on any atom is 0.260 e. The van der Waals surface area contributed by atoms with Gasteiger partial charge in [0.1, 0.15) is 17.1 Å². The van der Waals surface area contributed by atoms with Crippen LogP contribution in [0.15, 0.2) is 42.5 Å². The summed E-state index contributed by atoms with van der Waals surface area (Å²) in [5, 5.41) is 0.591. The van der Waals surface area contributed by atoms with Crippen LogP contribution in [-0.4, -0.2) is 48.6 Å². The van der Waals surface area contributed by atoms with E-state index in [0.717, 1.165) is 23.3 Å². The molecule has 154 valence electrons. The summed E-state index contributed by atoms with van der Waals surface area (Å²) in [6, 6.07) is 11.6. The number of thiazole rings is 1. The van der Waals surface area contributed by atoms with Crippen LogP contribution in [0.4, 0.5) is 9.52 Å². The van der Waals surface area contributed by atoms with E-state index in [1.54, 1.807) is 17.0 Å². The minimum atomic E-state index is -0.428. The molecule has 29 heavy (non-hydrogen) atoms. The number of carbonyl (C=O) groups is 1. The molecular weight excluding hydrogens is 389 g/mol. The first kappa shape index (κ1) is 21.2. The highest BCUT2D eigenvalue weighted by Crippen LogP contribution is 2.34. The van der Waals surface area contributed by atoms with Gasteiger partial charge in [0.2, 0.25) is 0 Å². The maximum absolute atomic E-state index is 13.7. The van der Waals surface area contributed by atoms with E-state index in [2.05, 4.69) is 18.7 Å². The quantitative estimate of drug-likeness (QED) is 0.503. The predicted octanol–water partition coefficient (Wildman–Crippen LogP) is 4.82. The number of hydrogen-bond acceptors (Lipinski definition) is 5. The number of rotatable bonds is 9. The molecule has 5 nitrogen and oxygen atoms in total. The standard InChI is InChI=1S/C22H26FN3O2S/c1-4-25(5-2)13-14-26(21(27)16-9-7-10-17(23)15-16)22-24-20-18(28-6-3)11-8-12-19(20)29-22/h7-12,15H,4-6,13-14H2,1-3H3. The van der Waals surface area contributed by atoms with E-state index in [4.69, 9.17) is 9.72 Å². The number of nitrogens with zero attached hydrogens (tertiary/aromatic N) is 3. The Morgan fingerprint density at radius 3 is 2.55 bits per heavy atom. The van der Waals surface area contributed by atoms with Gasteiger partial charge in [-0.25, -0.2) is 9.37 Å². The van der Waals surface area contributed by atoms with Crippen molar-refractivity contribution in [3.05, 3.63) is 53.8 Å². The zero-order chi connectivity index (χ0) is 20.8. The first-order valence-electron chi connectivity index (χ1n) is 9.89. The van der Waals surface area contributed by atoms with E-state index < -0.39 is 5.82 Å². The molecule has 3 rings (SSSR count). The van der Waals surface area contributed by atoms with Gasteiger partial charge in [0.05, 0.1) is 11.3 Å². The lowest BCUT2D eigenvalue weighted by Gasteiger charge is -2.24. The van der Waals surface area contributed by atoms with Crippen LogP contribution in [0.5, 0.6) is 5.75 Å². The van der Waals surface area contributed by atoms with Crippen molar-refractivity contribution < 1.29 is 13.9 Å². The fourth-order valence-electron chi connectivity index (χ4n) is 3.14. The van der Waals surface area contributed by atoms with Crippen molar-refractivity contribution in [3.63, 3.8) is 0 Å². The molecule has 0 unspecified atom stereocenters. The lowest BCUT2D eigenvalue weighted by atomic mass is 10.2. The molecule has 0 saturated carbocycles. The minimum absolute atomic E-state index is 0.256. The molecule has 0 aliphatic rings. The van der Waals surface area contributed by atoms with Gasteiger partial charge in [-0.1, -0.05) is 37.3 Å². The topological polar surface area (TPSA) is 45.7 Å². The van der Waals surface area contributed by atoms with Gasteiger partial charge in [-0.3, -0.25) is 9.69 Å². The van der Waals surface area contributed by atoms with E-state index in [1.165, 1.54) is 23.5 Å². The van der Waals surface area contributed by atoms with E-state index in [1.807, 2.05) is 25.1 Å². The molecule has 0 atom stereocenters. The first-order chi connectivity index (χ1) is 14.1. The molecule has 2 aromatic carbocycles. The molecule has 3 aromatic rings. The number of anilines is 1. The van der Waals surface area contributed by atoms with Gasteiger partial charge in [0.15, 0.2) is 5.13 Å². The number of para-hydroxylation sites is 1. The van der Waals surface area contributed by atoms with Crippen molar-refractivity contribution in [1.82, 2.24) is 9.88 Å². The molecule has 1 aromatic heterocycles. The molecule has 1 amide bonds. The smallest absolute Gasteiger partial charge is 0.260 e. The third-order valence-corrected chi connectivity index (χ3v) is 5.80. The number of amides is 1. The van der Waals surface area contributed by atoms with Crippen molar-refractivity contribution in [3.8, 4) is 5.75 Å². The van der Waals surface area contributed by atoms with Crippen LogP contribution in [-0.2, 0) is 0 Å². The van der Waals surface area contributed by atoms with Crippen molar-refractivity contribution in [2.75, 3.05) is 37.7 Å². The first-order valence-corrected chi connectivity index (χ1v) is 10.7. The van der Waals surface area contributed by atoms with E-state index in [-0.39, 0.29) is 5.91 Å². The van der Waals surface area contributed by atoms with Crippen LogP contribution in [0.2, 0.25) is 0 Å². The third-order valence-electron chi connectivity index (χ3n) is 4.75. The minimum Gasteiger partial charge on any atom is -0.492 e. The third kappa shape index (κ3) is 4.92. The number of ether oxygens (including phenoxy) is 1. The second-order valence-corrected chi connectivity index (χ2v) is 7.54. The van der Waals surface area contributed by atoms with Crippen LogP contribution in [0.1, 0.15) is 31.1 Å². The van der Waals surface area contributed by atoms with Crippen LogP contribution < -0.4 is 9.64 Å². The van der Waals surface area contributed by atoms with Crippen molar-refractivity contribution >= 4 is 32.6 Å². The largest absolute Gasteiger partial charge is 0.492 e. The Morgan fingerprint density at radius 1 is 1.10 bits per heavy atom. The highest BCUT2D eigenvalue weighted by atomic mass is 32.1. The van der Waals surface area contributed by atoms with Crippen molar-refractivity contribution in [1.29, 1.82) is 0 Å². The van der Waals surface area contributed by atoms with Gasteiger partial charge in [0.25, 0.3) is 5.91 Å². The maximum atomic E-state index is 13.7. The number of halogens is 1. The molecule has 0 aliphatic carbocycles. The lowest BCUT2D eigenvalue weighted by molar-refractivity contribution is 0.0983. The summed E-state index contributed by atoms with van der Waals surface area (Å²) in [6.07, 6.45) is 0. The van der Waals surface area contributed by atoms with Crippen LogP contribution in [0.25, 0.3) is 10.2 Å². The number of carbonyl (C=O) groups excluding carboxylic acids is 1. The molecule has 0 aliphatic heterocycles. The van der Waals surface area contributed by atoms with E-state index in [9.17, 15) is 9.18 Å². The number of fused-ring (bicyclic) bond motifs is 1. The summed E-state index contributed by atoms with van der Waals surface area (Å²) < 4.78 is 20.4. The van der Waals surface area contributed by atoms with E-state index >= 15 is 0 Å². The summed E-state index contributed by atoms with van der Waals surface area (Å²) in [5.41, 5.74) is 1.06. The zero-order valence-corrected chi connectivity index (χ0v) is 17.8. The van der Waals surface area contributed by atoms with Crippen molar-refractivity contribution in [2.24, 2.45) is 0 Å². The summed E-state index contributed by atoms with van der Waals surface area (Å²) in [4.78, 5) is 21.9. The molecule has 0 fully saturated rings. The summed E-state index contributed by atoms with van der Waals surface area (Å²) in [7, 11) is 0. The molecular formula is C22H26FN3O2S.